The topological polar surface area (TPSA) is 504 Å². The number of carboxylic acids is 1. The van der Waals surface area contributed by atoms with E-state index in [4.69, 9.17) is 23.2 Å². The summed E-state index contributed by atoms with van der Waals surface area (Å²) in [6, 6.07) is 4.96. The molecule has 9 rings (SSSR count). The van der Waals surface area contributed by atoms with E-state index < -0.39 is 227 Å². The van der Waals surface area contributed by atoms with E-state index in [0.717, 1.165) is 25.9 Å². The van der Waals surface area contributed by atoms with Crippen LogP contribution < -0.4 is 47.9 Å². The summed E-state index contributed by atoms with van der Waals surface area (Å²) >= 11 is 14.1. The zero-order chi connectivity index (χ0) is 92.8. The first-order valence-corrected chi connectivity index (χ1v) is 45.8. The number of aromatic nitrogens is 2. The van der Waals surface area contributed by atoms with Crippen molar-refractivity contribution in [3.05, 3.63) is 152 Å². The molecule has 0 unspecified atom stereocenters. The van der Waals surface area contributed by atoms with Crippen LogP contribution in [0.4, 0.5) is 0 Å². The molecule has 0 radical (unpaired) electrons. The summed E-state index contributed by atoms with van der Waals surface area (Å²) in [4.78, 5) is 237. The number of sulfone groups is 1. The van der Waals surface area contributed by atoms with Crippen LogP contribution in [0, 0.1) is 11.8 Å². The van der Waals surface area contributed by atoms with E-state index in [2.05, 4.69) is 57.8 Å². The molecule has 13 N–H and O–H groups in total. The molecule has 14 amide bonds. The molecule has 0 spiro atoms. The Morgan fingerprint density at radius 3 is 1.93 bits per heavy atom. The first-order chi connectivity index (χ1) is 60.3. The number of halogens is 2. The number of carbonyl (C=O) groups excluding carboxylic acids is 14. The number of fused-ring (bicyclic) bond motifs is 2. The van der Waals surface area contributed by atoms with Crippen LogP contribution in [0.2, 0.25) is 10.0 Å². The fraction of sp³-hybridized carbons (Fsp3) is 0.494. The standard InChI is InChI=1S/C87H112Cl2N16O20S2/c1-10-48(3)73-81(116)100-74(49(4)11-2)86(121)103(8)70(42-57-46-126-47-92-57)80(115)97-63(41-54-44-91-60-23-13-12-22-59(54)60)82(117)104-33-16-24-66(104)84(119)101(6)68(39-52-18-14-20-55(88)36-52)78(113)95-61(31-35-127(9,124)125)77(112)96-62(38-51-26-28-58(107)29-27-51)76(111)90-32-30-71(108)94-64(43-72(109)93-50(5)75(110)99-73)83(118)105-34-17-25-67(105)85(120)102(7)69(40-53-19-15-21-56(89)37-53)79(114)98-65(45-106)87(122)123/h12-15,18-23,26-29,36-37,44,46-50,61-70,73-74,91,106-107H,10-11,16-17,24-25,30-35,38-43,45H2,1-9H3,(H,90,111)(H,93,109)(H,94,108)(H,95,113)(H,96,112)(H,97,115)(H,98,114)(H,99,110)(H,100,116)(H,122,123)/t48-,49-,50-,61-,62+,63-,64-,65-,66-,67-,68-,69-,70-,73-,74-/m0/s1. The van der Waals surface area contributed by atoms with Crippen LogP contribution in [-0.4, -0.2) is 285 Å². The van der Waals surface area contributed by atoms with Crippen LogP contribution in [-0.2, 0) is 114 Å². The highest BCUT2D eigenvalue weighted by Gasteiger charge is 2.47. The van der Waals surface area contributed by atoms with E-state index in [1.807, 2.05) is 12.1 Å². The van der Waals surface area contributed by atoms with E-state index in [1.54, 1.807) is 87.8 Å². The Balaban J connectivity index is 1.11. The van der Waals surface area contributed by atoms with Gasteiger partial charge in [-0.3, -0.25) is 67.1 Å². The smallest absolute Gasteiger partial charge is 0.328 e. The molecule has 0 saturated carbocycles. The number of phenolic OH excluding ortho intramolecular Hbond substituents is 1. The number of likely N-dealkylation sites (N-methyl/N-ethyl adjacent to an activating group) is 3. The second kappa shape index (κ2) is 45.7. The molecule has 3 saturated heterocycles. The van der Waals surface area contributed by atoms with Gasteiger partial charge < -0.3 is 92.7 Å². The Hall–Kier alpha value is -11.6. The molecule has 3 aliphatic heterocycles. The number of aliphatic carboxylic acids is 1. The lowest BCUT2D eigenvalue weighted by Gasteiger charge is -2.36. The highest BCUT2D eigenvalue weighted by Crippen LogP contribution is 2.29. The zero-order valence-electron chi connectivity index (χ0n) is 72.1. The van der Waals surface area contributed by atoms with Crippen LogP contribution in [0.5, 0.6) is 5.75 Å². The number of hydrogen-bond donors (Lipinski definition) is 13. The van der Waals surface area contributed by atoms with Crippen molar-refractivity contribution >= 4 is 144 Å². The van der Waals surface area contributed by atoms with Crippen LogP contribution in [0.25, 0.3) is 10.9 Å². The summed E-state index contributed by atoms with van der Waals surface area (Å²) in [5.41, 5.74) is 4.33. The number of hydrogen-bond acceptors (Lipinski definition) is 21. The van der Waals surface area contributed by atoms with Crippen molar-refractivity contribution in [2.75, 3.05) is 59.4 Å². The fourth-order valence-electron chi connectivity index (χ4n) is 15.7. The van der Waals surface area contributed by atoms with E-state index in [1.165, 1.54) is 86.2 Å². The monoisotopic (exact) mass is 1830 g/mol. The van der Waals surface area contributed by atoms with E-state index in [9.17, 15) is 57.3 Å². The van der Waals surface area contributed by atoms with E-state index in [-0.39, 0.29) is 99.5 Å². The highest BCUT2D eigenvalue weighted by atomic mass is 35.5. The van der Waals surface area contributed by atoms with Gasteiger partial charge in [-0.25, -0.2) is 18.2 Å². The molecule has 15 atom stereocenters. The number of H-pyrrole nitrogens is 1. The molecular weight excluding hydrogens is 1720 g/mol. The predicted molar refractivity (Wildman–Crippen MR) is 470 cm³/mol. The molecule has 6 aromatic rings. The first kappa shape index (κ1) is 99.2. The third-order valence-corrected chi connectivity index (χ3v) is 25.5. The Bertz CT molecular complexity index is 5100. The maximum absolute atomic E-state index is 15.9. The SMILES string of the molecule is CC[C@H](C)[C@@H]1NC(=O)[C@H](C)NC(=O)C[C@@H](C(=O)N2CCC[C@H]2C(=O)N(C)[C@@H](Cc2cccc(Cl)c2)C(=O)N[C@@H](CO)C(=O)O)NC(=O)CCNC(=O)[C@@H](Cc2ccc(O)cc2)NC(=O)[C@H](CCS(C)(=O)=O)NC(=O)[C@H](Cc2cccc(Cl)c2)N(C)C(=O)[C@@H]2CCCN2C(=O)[C@H](Cc2c[nH]c3ccccc23)NC(=O)[C@H](Cc2cscn2)N(C)C(=O)[C@H]([C@@H](C)CC)NC1=O. The lowest BCUT2D eigenvalue weighted by Crippen LogP contribution is -2.62. The van der Waals surface area contributed by atoms with Crippen LogP contribution in [0.1, 0.15) is 120 Å². The van der Waals surface area contributed by atoms with Gasteiger partial charge in [-0.05, 0) is 116 Å². The van der Waals surface area contributed by atoms with Crippen molar-refractivity contribution in [3.63, 3.8) is 0 Å². The Labute approximate surface area is 749 Å². The number of para-hydroxylation sites is 1. The van der Waals surface area contributed by atoms with E-state index in [0.29, 0.717) is 38.9 Å². The number of aromatic hydroxyl groups is 1. The highest BCUT2D eigenvalue weighted by molar-refractivity contribution is 7.90. The number of nitrogens with one attached hydrogen (secondary N) is 10. The molecule has 2 aromatic heterocycles. The Morgan fingerprint density at radius 2 is 1.28 bits per heavy atom. The Kier molecular flexibility index (Phi) is 35.7. The van der Waals surface area contributed by atoms with Gasteiger partial charge in [-0.2, -0.15) is 0 Å². The quantitative estimate of drug-likeness (QED) is 0.0412. The van der Waals surface area contributed by atoms with Crippen molar-refractivity contribution in [1.29, 1.82) is 0 Å². The van der Waals surface area contributed by atoms with Gasteiger partial charge in [0.15, 0.2) is 0 Å². The number of aliphatic hydroxyl groups excluding tert-OH is 1. The summed E-state index contributed by atoms with van der Waals surface area (Å²) in [5.74, 6) is -16.8. The summed E-state index contributed by atoms with van der Waals surface area (Å²) in [7, 11) is -0.0472. The lowest BCUT2D eigenvalue weighted by molar-refractivity contribution is -0.149. The van der Waals surface area contributed by atoms with Crippen LogP contribution >= 0.6 is 34.5 Å². The number of likely N-dealkylation sites (tertiary alicyclic amines) is 1. The van der Waals surface area contributed by atoms with Crippen molar-refractivity contribution in [2.24, 2.45) is 11.8 Å². The molecule has 36 nitrogen and oxygen atoms in total. The average Bonchev–Trinajstić information content (AvgIpc) is 1.71. The number of carboxylic acid groups (broad SMARTS) is 1. The summed E-state index contributed by atoms with van der Waals surface area (Å²) in [6.07, 6.45) is -0.0555. The Morgan fingerprint density at radius 1 is 0.661 bits per heavy atom. The maximum atomic E-state index is 15.9. The number of amides is 14. The average molecular weight is 1840 g/mol. The second-order valence-corrected chi connectivity index (χ2v) is 36.5. The first-order valence-electron chi connectivity index (χ1n) is 42.1. The number of phenols is 1. The number of rotatable bonds is 24. The number of aromatic amines is 1. The van der Waals surface area contributed by atoms with Crippen molar-refractivity contribution in [1.82, 2.24) is 82.3 Å². The third kappa shape index (κ3) is 27.0. The van der Waals surface area contributed by atoms with Gasteiger partial charge in [0.2, 0.25) is 82.7 Å². The molecule has 3 aliphatic rings. The number of nitrogens with zero attached hydrogens (tertiary/aromatic N) is 6. The number of carbonyl (C=O) groups is 15. The fourth-order valence-corrected chi connectivity index (χ4v) is 17.3. The molecule has 5 heterocycles. The van der Waals surface area contributed by atoms with Crippen molar-refractivity contribution < 1.29 is 95.7 Å². The minimum absolute atomic E-state index is 0.0308. The van der Waals surface area contributed by atoms with Gasteiger partial charge in [0.25, 0.3) is 0 Å². The normalized spacial score (nSPS) is 23.5. The molecule has 3 fully saturated rings. The molecular formula is C87H112Cl2N16O20S2. The number of thiazole rings is 1. The largest absolute Gasteiger partial charge is 0.508 e. The lowest BCUT2D eigenvalue weighted by atomic mass is 9.94. The third-order valence-electron chi connectivity index (χ3n) is 23.5. The van der Waals surface area contributed by atoms with Gasteiger partial charge in [-0.1, -0.05) is 118 Å². The minimum Gasteiger partial charge on any atom is -0.508 e. The molecule has 686 valence electrons. The van der Waals surface area contributed by atoms with Gasteiger partial charge >= 0.3 is 5.97 Å². The molecule has 40 heteroatoms. The van der Waals surface area contributed by atoms with Crippen LogP contribution in [0.15, 0.2) is 114 Å². The maximum Gasteiger partial charge on any atom is 0.328 e. The molecule has 4 aromatic carbocycles. The minimum atomic E-state index is -3.95. The summed E-state index contributed by atoms with van der Waals surface area (Å²) < 4.78 is 26.2. The molecule has 0 aliphatic carbocycles. The van der Waals surface area contributed by atoms with Gasteiger partial charge in [-0.15, -0.1) is 11.3 Å². The predicted octanol–water partition coefficient (Wildman–Crippen LogP) is 2.03. The summed E-state index contributed by atoms with van der Waals surface area (Å²) in [5, 5.41) is 56.6. The number of benzene rings is 4. The van der Waals surface area contributed by atoms with Crippen molar-refractivity contribution in [3.8, 4) is 5.75 Å². The summed E-state index contributed by atoms with van der Waals surface area (Å²) in [6.45, 7) is 6.32. The van der Waals surface area contributed by atoms with Gasteiger partial charge in [0, 0.05) is 118 Å². The molecule has 127 heavy (non-hydrogen) atoms. The van der Waals surface area contributed by atoms with Crippen LogP contribution in [0.3, 0.4) is 0 Å². The van der Waals surface area contributed by atoms with Gasteiger partial charge in [0.1, 0.15) is 94.1 Å². The molecule has 0 bridgehead atoms. The number of aliphatic hydroxyl groups is 1. The second-order valence-electron chi connectivity index (χ2n) is 32.6. The van der Waals surface area contributed by atoms with E-state index >= 15 is 38.4 Å². The van der Waals surface area contributed by atoms with Gasteiger partial charge in [0.05, 0.1) is 30.0 Å². The zero-order valence-corrected chi connectivity index (χ0v) is 75.2. The van der Waals surface area contributed by atoms with Crippen molar-refractivity contribution in [2.45, 2.75) is 203 Å².